The van der Waals surface area contributed by atoms with Crippen molar-refractivity contribution < 1.29 is 4.79 Å². The Morgan fingerprint density at radius 3 is 2.91 bits per heavy atom. The molecule has 4 nitrogen and oxygen atoms in total. The molecular formula is C18H25N3O. The van der Waals surface area contributed by atoms with Crippen molar-refractivity contribution in [2.75, 3.05) is 6.54 Å². The Morgan fingerprint density at radius 1 is 1.32 bits per heavy atom. The van der Waals surface area contributed by atoms with Crippen molar-refractivity contribution in [2.45, 2.75) is 45.6 Å². The Hall–Kier alpha value is -2.10. The molecule has 0 saturated heterocycles. The van der Waals surface area contributed by atoms with Crippen LogP contribution in [-0.4, -0.2) is 22.0 Å². The fourth-order valence-corrected chi connectivity index (χ4v) is 2.59. The van der Waals surface area contributed by atoms with Crippen LogP contribution in [0, 0.1) is 0 Å². The summed E-state index contributed by atoms with van der Waals surface area (Å²) < 4.78 is 2.24. The maximum atomic E-state index is 11.1. The smallest absolute Gasteiger partial charge is 0.219 e. The highest BCUT2D eigenvalue weighted by molar-refractivity contribution is 5.76. The number of nitrogens with zero attached hydrogens (tertiary/aromatic N) is 2. The van der Waals surface area contributed by atoms with Crippen molar-refractivity contribution in [3.63, 3.8) is 0 Å². The van der Waals surface area contributed by atoms with Crippen LogP contribution in [0.4, 0.5) is 0 Å². The summed E-state index contributed by atoms with van der Waals surface area (Å²) >= 11 is 0. The van der Waals surface area contributed by atoms with E-state index in [0.717, 1.165) is 50.1 Å². The molecule has 0 aliphatic heterocycles. The van der Waals surface area contributed by atoms with E-state index in [-0.39, 0.29) is 5.91 Å². The number of aromatic nitrogens is 2. The van der Waals surface area contributed by atoms with Crippen molar-refractivity contribution in [3.05, 3.63) is 42.7 Å². The van der Waals surface area contributed by atoms with E-state index in [4.69, 9.17) is 4.98 Å². The van der Waals surface area contributed by atoms with Crippen LogP contribution < -0.4 is 5.32 Å². The number of imidazole rings is 1. The quantitative estimate of drug-likeness (QED) is 0.569. The molecule has 1 aromatic heterocycles. The molecule has 1 N–H and O–H groups in total. The molecule has 0 bridgehead atoms. The van der Waals surface area contributed by atoms with Gasteiger partial charge in [0, 0.05) is 25.9 Å². The van der Waals surface area contributed by atoms with Gasteiger partial charge in [0.1, 0.15) is 5.82 Å². The van der Waals surface area contributed by atoms with Gasteiger partial charge in [0.05, 0.1) is 11.0 Å². The first-order valence-corrected chi connectivity index (χ1v) is 8.08. The van der Waals surface area contributed by atoms with Gasteiger partial charge < -0.3 is 9.88 Å². The average molecular weight is 299 g/mol. The molecule has 0 fully saturated rings. The number of allylic oxidation sites excluding steroid dienone is 1. The molecule has 0 atom stereocenters. The van der Waals surface area contributed by atoms with E-state index in [0.29, 0.717) is 6.42 Å². The maximum Gasteiger partial charge on any atom is 0.219 e. The molecule has 0 aliphatic rings. The number of carbonyl (C=O) groups excluding carboxylic acids is 1. The minimum atomic E-state index is 0.132. The van der Waals surface area contributed by atoms with Crippen LogP contribution >= 0.6 is 0 Å². The maximum absolute atomic E-state index is 11.1. The van der Waals surface area contributed by atoms with E-state index >= 15 is 0 Å². The van der Waals surface area contributed by atoms with Gasteiger partial charge in [-0.25, -0.2) is 4.98 Å². The zero-order valence-corrected chi connectivity index (χ0v) is 13.3. The first kappa shape index (κ1) is 16.3. The number of hydrogen-bond donors (Lipinski definition) is 1. The standard InChI is InChI=1S/C18H25N3O/c1-3-14-21-16-11-8-7-10-15(16)20-17(21)12-6-5-9-13-19-18(22)4-2/h3,7-8,10-11H,1,4-6,9,12-14H2,2H3,(H,19,22). The van der Waals surface area contributed by atoms with E-state index in [1.165, 1.54) is 5.52 Å². The molecule has 2 aromatic rings. The summed E-state index contributed by atoms with van der Waals surface area (Å²) in [5.74, 6) is 1.26. The second kappa shape index (κ2) is 8.37. The molecule has 1 amide bonds. The van der Waals surface area contributed by atoms with Crippen LogP contribution in [0.2, 0.25) is 0 Å². The molecule has 0 radical (unpaired) electrons. The van der Waals surface area contributed by atoms with E-state index < -0.39 is 0 Å². The number of nitrogens with one attached hydrogen (secondary N) is 1. The van der Waals surface area contributed by atoms with Crippen LogP contribution in [-0.2, 0) is 17.8 Å². The van der Waals surface area contributed by atoms with E-state index in [2.05, 4.69) is 28.6 Å². The number of aryl methyl sites for hydroxylation is 1. The van der Waals surface area contributed by atoms with Crippen LogP contribution in [0.1, 0.15) is 38.4 Å². The summed E-state index contributed by atoms with van der Waals surface area (Å²) in [6, 6.07) is 8.23. The summed E-state index contributed by atoms with van der Waals surface area (Å²) in [7, 11) is 0. The molecule has 1 heterocycles. The number of carbonyl (C=O) groups is 1. The minimum Gasteiger partial charge on any atom is -0.356 e. The monoisotopic (exact) mass is 299 g/mol. The van der Waals surface area contributed by atoms with Gasteiger partial charge in [0.25, 0.3) is 0 Å². The molecule has 0 spiro atoms. The topological polar surface area (TPSA) is 46.9 Å². The molecule has 2 rings (SSSR count). The lowest BCUT2D eigenvalue weighted by Gasteiger charge is -2.07. The SMILES string of the molecule is C=CCn1c(CCCCCNC(=O)CC)nc2ccccc21. The van der Waals surface area contributed by atoms with Crippen molar-refractivity contribution in [1.82, 2.24) is 14.9 Å². The lowest BCUT2D eigenvalue weighted by molar-refractivity contribution is -0.120. The molecule has 0 unspecified atom stereocenters. The predicted molar refractivity (Wildman–Crippen MR) is 90.8 cm³/mol. The van der Waals surface area contributed by atoms with Gasteiger partial charge in [-0.15, -0.1) is 6.58 Å². The number of amides is 1. The van der Waals surface area contributed by atoms with Crippen molar-refractivity contribution in [3.8, 4) is 0 Å². The molecule has 1 aromatic carbocycles. The third-order valence-electron chi connectivity index (χ3n) is 3.77. The largest absolute Gasteiger partial charge is 0.356 e. The Bertz CT molecular complexity index is 630. The third-order valence-corrected chi connectivity index (χ3v) is 3.77. The number of para-hydroxylation sites is 2. The lowest BCUT2D eigenvalue weighted by Crippen LogP contribution is -2.23. The van der Waals surface area contributed by atoms with Gasteiger partial charge in [-0.1, -0.05) is 31.6 Å². The second-order valence-electron chi connectivity index (χ2n) is 5.43. The summed E-state index contributed by atoms with van der Waals surface area (Å²) in [6.07, 6.45) is 6.64. The van der Waals surface area contributed by atoms with E-state index in [1.807, 2.05) is 25.1 Å². The Labute approximate surface area is 132 Å². The molecule has 0 aliphatic carbocycles. The minimum absolute atomic E-state index is 0.132. The van der Waals surface area contributed by atoms with Gasteiger partial charge in [-0.2, -0.15) is 0 Å². The number of unbranched alkanes of at least 4 members (excludes halogenated alkanes) is 2. The number of benzene rings is 1. The van der Waals surface area contributed by atoms with E-state index in [9.17, 15) is 4.79 Å². The van der Waals surface area contributed by atoms with Gasteiger partial charge in [0.15, 0.2) is 0 Å². The van der Waals surface area contributed by atoms with Gasteiger partial charge in [-0.3, -0.25) is 4.79 Å². The van der Waals surface area contributed by atoms with E-state index in [1.54, 1.807) is 0 Å². The van der Waals surface area contributed by atoms with Gasteiger partial charge in [-0.05, 0) is 25.0 Å². The fraction of sp³-hybridized carbons (Fsp3) is 0.444. The van der Waals surface area contributed by atoms with Crippen molar-refractivity contribution in [2.24, 2.45) is 0 Å². The summed E-state index contributed by atoms with van der Waals surface area (Å²) in [5.41, 5.74) is 2.22. The molecule has 118 valence electrons. The first-order chi connectivity index (χ1) is 10.8. The fourth-order valence-electron chi connectivity index (χ4n) is 2.59. The molecule has 22 heavy (non-hydrogen) atoms. The number of rotatable bonds is 9. The zero-order chi connectivity index (χ0) is 15.8. The van der Waals surface area contributed by atoms with Crippen LogP contribution in [0.15, 0.2) is 36.9 Å². The number of hydrogen-bond acceptors (Lipinski definition) is 2. The predicted octanol–water partition coefficient (Wildman–Crippen LogP) is 3.46. The summed E-state index contributed by atoms with van der Waals surface area (Å²) in [4.78, 5) is 15.9. The van der Waals surface area contributed by atoms with Crippen LogP contribution in [0.5, 0.6) is 0 Å². The Kier molecular flexibility index (Phi) is 6.19. The first-order valence-electron chi connectivity index (χ1n) is 8.08. The summed E-state index contributed by atoms with van der Waals surface area (Å²) in [5, 5.41) is 2.91. The second-order valence-corrected chi connectivity index (χ2v) is 5.43. The lowest BCUT2D eigenvalue weighted by atomic mass is 10.2. The highest BCUT2D eigenvalue weighted by atomic mass is 16.1. The van der Waals surface area contributed by atoms with Crippen LogP contribution in [0.3, 0.4) is 0 Å². The number of fused-ring (bicyclic) bond motifs is 1. The third kappa shape index (κ3) is 4.20. The normalized spacial score (nSPS) is 10.8. The van der Waals surface area contributed by atoms with Gasteiger partial charge >= 0.3 is 0 Å². The molecular weight excluding hydrogens is 274 g/mol. The Morgan fingerprint density at radius 2 is 2.14 bits per heavy atom. The van der Waals surface area contributed by atoms with Crippen molar-refractivity contribution >= 4 is 16.9 Å². The molecule has 4 heteroatoms. The highest BCUT2D eigenvalue weighted by Crippen LogP contribution is 2.17. The van der Waals surface area contributed by atoms with Crippen molar-refractivity contribution in [1.29, 1.82) is 0 Å². The Balaban J connectivity index is 1.87. The van der Waals surface area contributed by atoms with Crippen LogP contribution in [0.25, 0.3) is 11.0 Å². The zero-order valence-electron chi connectivity index (χ0n) is 13.3. The summed E-state index contributed by atoms with van der Waals surface area (Å²) in [6.45, 7) is 7.28. The van der Waals surface area contributed by atoms with Gasteiger partial charge in [0.2, 0.25) is 5.91 Å². The molecule has 0 saturated carbocycles. The highest BCUT2D eigenvalue weighted by Gasteiger charge is 2.08. The average Bonchev–Trinajstić information content (AvgIpc) is 2.89.